The highest BCUT2D eigenvalue weighted by atomic mass is 127. The number of guanidine groups is 1. The number of halogens is 1. The normalized spacial score (nSPS) is 19.6. The molecule has 0 spiro atoms. The van der Waals surface area contributed by atoms with Gasteiger partial charge in [0.2, 0.25) is 0 Å². The number of aliphatic hydroxyl groups excluding tert-OH is 1. The Morgan fingerprint density at radius 2 is 2.12 bits per heavy atom. The maximum atomic E-state index is 9.32. The smallest absolute Gasteiger partial charge is 0.191 e. The monoisotopic (exact) mass is 479 g/mol. The summed E-state index contributed by atoms with van der Waals surface area (Å²) in [7, 11) is 5.00. The van der Waals surface area contributed by atoms with E-state index in [2.05, 4.69) is 15.6 Å². The van der Waals surface area contributed by atoms with E-state index in [0.717, 1.165) is 25.0 Å². The summed E-state index contributed by atoms with van der Waals surface area (Å²) >= 11 is 0. The van der Waals surface area contributed by atoms with E-state index in [4.69, 9.17) is 14.2 Å². The predicted octanol–water partition coefficient (Wildman–Crippen LogP) is 1.78. The second-order valence-electron chi connectivity index (χ2n) is 6.21. The summed E-state index contributed by atoms with van der Waals surface area (Å²) in [5, 5.41) is 16.0. The van der Waals surface area contributed by atoms with Crippen molar-refractivity contribution in [2.45, 2.75) is 19.4 Å². The van der Waals surface area contributed by atoms with Crippen molar-refractivity contribution >= 4 is 29.9 Å². The number of aliphatic hydroxyl groups is 1. The van der Waals surface area contributed by atoms with Crippen molar-refractivity contribution < 1.29 is 19.3 Å². The molecule has 1 atom stereocenters. The van der Waals surface area contributed by atoms with Crippen LogP contribution in [0.25, 0.3) is 0 Å². The maximum absolute atomic E-state index is 9.32. The summed E-state index contributed by atoms with van der Waals surface area (Å²) < 4.78 is 16.3. The molecule has 1 heterocycles. The van der Waals surface area contributed by atoms with Gasteiger partial charge in [-0.1, -0.05) is 12.1 Å². The van der Waals surface area contributed by atoms with Crippen LogP contribution in [0.2, 0.25) is 0 Å². The van der Waals surface area contributed by atoms with Crippen LogP contribution in [0.15, 0.2) is 23.2 Å². The van der Waals surface area contributed by atoms with Crippen LogP contribution in [-0.4, -0.2) is 58.7 Å². The molecule has 1 fully saturated rings. The zero-order valence-corrected chi connectivity index (χ0v) is 18.0. The molecular formula is C18H30IN3O4. The van der Waals surface area contributed by atoms with Crippen molar-refractivity contribution in [2.75, 3.05) is 47.6 Å². The number of hydrogen-bond donors (Lipinski definition) is 3. The van der Waals surface area contributed by atoms with Crippen LogP contribution in [0.4, 0.5) is 0 Å². The second kappa shape index (κ2) is 11.5. The van der Waals surface area contributed by atoms with Gasteiger partial charge < -0.3 is 30.0 Å². The number of para-hydroxylation sites is 1. The Balaban J connectivity index is 0.00000338. The molecule has 26 heavy (non-hydrogen) atoms. The number of aliphatic imine (C=N–C) groups is 1. The highest BCUT2D eigenvalue weighted by Crippen LogP contribution is 2.32. The Morgan fingerprint density at radius 1 is 1.31 bits per heavy atom. The molecule has 0 aromatic heterocycles. The quantitative estimate of drug-likeness (QED) is 0.300. The summed E-state index contributed by atoms with van der Waals surface area (Å²) in [4.78, 5) is 4.27. The zero-order valence-electron chi connectivity index (χ0n) is 15.7. The van der Waals surface area contributed by atoms with Gasteiger partial charge >= 0.3 is 0 Å². The molecule has 3 N–H and O–H groups in total. The summed E-state index contributed by atoms with van der Waals surface area (Å²) in [6.07, 6.45) is 1.67. The first kappa shape index (κ1) is 22.8. The van der Waals surface area contributed by atoms with Gasteiger partial charge in [0.15, 0.2) is 17.5 Å². The molecular weight excluding hydrogens is 449 g/mol. The summed E-state index contributed by atoms with van der Waals surface area (Å²) in [5.41, 5.74) is 0.958. The summed E-state index contributed by atoms with van der Waals surface area (Å²) in [6, 6.07) is 5.79. The molecule has 0 saturated carbocycles. The van der Waals surface area contributed by atoms with E-state index in [-0.39, 0.29) is 36.0 Å². The Bertz CT molecular complexity index is 578. The van der Waals surface area contributed by atoms with Crippen molar-refractivity contribution in [1.82, 2.24) is 10.6 Å². The molecule has 1 aliphatic rings. The van der Waals surface area contributed by atoms with Crippen LogP contribution in [0, 0.1) is 5.41 Å². The largest absolute Gasteiger partial charge is 0.493 e. The lowest BCUT2D eigenvalue weighted by Gasteiger charge is -2.27. The fraction of sp³-hybridized carbons (Fsp3) is 0.611. The van der Waals surface area contributed by atoms with E-state index in [9.17, 15) is 5.11 Å². The number of benzene rings is 1. The van der Waals surface area contributed by atoms with Crippen LogP contribution in [-0.2, 0) is 11.3 Å². The van der Waals surface area contributed by atoms with Crippen LogP contribution in [0.3, 0.4) is 0 Å². The summed E-state index contributed by atoms with van der Waals surface area (Å²) in [5.74, 6) is 2.12. The van der Waals surface area contributed by atoms with Crippen molar-refractivity contribution in [3.8, 4) is 11.5 Å². The fourth-order valence-electron chi connectivity index (χ4n) is 3.08. The highest BCUT2D eigenvalue weighted by Gasteiger charge is 2.34. The van der Waals surface area contributed by atoms with Crippen molar-refractivity contribution in [3.63, 3.8) is 0 Å². The first-order valence-electron chi connectivity index (χ1n) is 8.51. The topological polar surface area (TPSA) is 84.3 Å². The number of methoxy groups -OCH3 is 2. The molecule has 148 valence electrons. The Labute approximate surface area is 172 Å². The van der Waals surface area contributed by atoms with Gasteiger partial charge in [0.25, 0.3) is 0 Å². The van der Waals surface area contributed by atoms with E-state index >= 15 is 0 Å². The lowest BCUT2D eigenvalue weighted by Crippen LogP contribution is -2.44. The van der Waals surface area contributed by atoms with E-state index in [1.165, 1.54) is 0 Å². The summed E-state index contributed by atoms with van der Waals surface area (Å²) in [6.45, 7) is 2.85. The van der Waals surface area contributed by atoms with Crippen molar-refractivity contribution in [3.05, 3.63) is 23.8 Å². The number of ether oxygens (including phenoxy) is 3. The van der Waals surface area contributed by atoms with Gasteiger partial charge in [-0.05, 0) is 18.9 Å². The molecule has 1 unspecified atom stereocenters. The fourth-order valence-corrected chi connectivity index (χ4v) is 3.08. The van der Waals surface area contributed by atoms with E-state index in [0.29, 0.717) is 37.2 Å². The van der Waals surface area contributed by atoms with Crippen LogP contribution >= 0.6 is 24.0 Å². The molecule has 0 amide bonds. The van der Waals surface area contributed by atoms with Crippen LogP contribution in [0.1, 0.15) is 18.4 Å². The first-order valence-corrected chi connectivity index (χ1v) is 8.51. The van der Waals surface area contributed by atoms with Crippen LogP contribution < -0.4 is 20.1 Å². The minimum atomic E-state index is -0.0278. The predicted molar refractivity (Wildman–Crippen MR) is 113 cm³/mol. The molecule has 0 aliphatic carbocycles. The third-order valence-electron chi connectivity index (χ3n) is 4.61. The van der Waals surface area contributed by atoms with Gasteiger partial charge in [0.1, 0.15) is 0 Å². The minimum absolute atomic E-state index is 0. The van der Waals surface area contributed by atoms with E-state index in [1.807, 2.05) is 18.2 Å². The van der Waals surface area contributed by atoms with Gasteiger partial charge in [-0.15, -0.1) is 24.0 Å². The second-order valence-corrected chi connectivity index (χ2v) is 6.21. The third kappa shape index (κ3) is 5.88. The molecule has 2 rings (SSSR count). The lowest BCUT2D eigenvalue weighted by molar-refractivity contribution is 0.127. The third-order valence-corrected chi connectivity index (χ3v) is 4.61. The number of nitrogens with one attached hydrogen (secondary N) is 2. The van der Waals surface area contributed by atoms with Gasteiger partial charge in [0.05, 0.1) is 20.8 Å². The molecule has 1 aliphatic heterocycles. The van der Waals surface area contributed by atoms with Gasteiger partial charge in [0, 0.05) is 44.3 Å². The Hall–Kier alpha value is -1.26. The van der Waals surface area contributed by atoms with Crippen molar-refractivity contribution in [1.29, 1.82) is 0 Å². The first-order chi connectivity index (χ1) is 12.2. The molecule has 1 aromatic rings. The average Bonchev–Trinajstić information content (AvgIpc) is 3.10. The Morgan fingerprint density at radius 3 is 2.69 bits per heavy atom. The van der Waals surface area contributed by atoms with Crippen molar-refractivity contribution in [2.24, 2.45) is 10.4 Å². The number of rotatable bonds is 8. The minimum Gasteiger partial charge on any atom is -0.493 e. The number of hydrogen-bond acceptors (Lipinski definition) is 5. The molecule has 0 bridgehead atoms. The van der Waals surface area contributed by atoms with Gasteiger partial charge in [-0.2, -0.15) is 0 Å². The molecule has 1 saturated heterocycles. The Kier molecular flexibility index (Phi) is 10.0. The zero-order chi connectivity index (χ0) is 18.1. The van der Waals surface area contributed by atoms with Gasteiger partial charge in [-0.25, -0.2) is 0 Å². The number of nitrogens with zero attached hydrogens (tertiary/aromatic N) is 1. The molecule has 0 radical (unpaired) electrons. The van der Waals surface area contributed by atoms with Crippen LogP contribution in [0.5, 0.6) is 11.5 Å². The van der Waals surface area contributed by atoms with Gasteiger partial charge in [-0.3, -0.25) is 4.99 Å². The van der Waals surface area contributed by atoms with E-state index < -0.39 is 0 Å². The highest BCUT2D eigenvalue weighted by molar-refractivity contribution is 14.0. The molecule has 7 nitrogen and oxygen atoms in total. The SMILES string of the molecule is CN=C(NCc1cccc(OC)c1OC)NCC1(CCO)CCOC1.I. The standard InChI is InChI=1S/C18H29N3O4.HI/c1-19-17(21-12-18(7-9-22)8-10-25-13-18)20-11-14-5-4-6-15(23-2)16(14)24-3;/h4-6,22H,7-13H2,1-3H3,(H2,19,20,21);1H. The lowest BCUT2D eigenvalue weighted by atomic mass is 9.84. The molecule has 1 aromatic carbocycles. The van der Waals surface area contributed by atoms with E-state index in [1.54, 1.807) is 21.3 Å². The average molecular weight is 479 g/mol. The maximum Gasteiger partial charge on any atom is 0.191 e. The molecule has 8 heteroatoms.